The van der Waals surface area contributed by atoms with Gasteiger partial charge in [0.15, 0.2) is 17.5 Å². The Morgan fingerprint density at radius 3 is 2.42 bits per heavy atom. The number of ether oxygens (including phenoxy) is 1. The fraction of sp³-hybridized carbons (Fsp3) is 0.364. The summed E-state index contributed by atoms with van der Waals surface area (Å²) in [7, 11) is 0. The summed E-state index contributed by atoms with van der Waals surface area (Å²) in [6.45, 7) is 1.38. The summed E-state index contributed by atoms with van der Waals surface area (Å²) < 4.78 is 56.7. The highest BCUT2D eigenvalue weighted by Gasteiger charge is 2.31. The summed E-state index contributed by atoms with van der Waals surface area (Å²) in [5, 5.41) is 0. The maximum Gasteiger partial charge on any atom is 0.342 e. The lowest BCUT2D eigenvalue weighted by Crippen LogP contribution is -2.32. The van der Waals surface area contributed by atoms with Gasteiger partial charge >= 0.3 is 5.97 Å². The normalized spacial score (nSPS) is 13.4. The molecule has 0 amide bonds. The predicted molar refractivity (Wildman–Crippen MR) is 62.0 cm³/mol. The van der Waals surface area contributed by atoms with Crippen LogP contribution in [0.25, 0.3) is 0 Å². The predicted octanol–water partition coefficient (Wildman–Crippen LogP) is 2.43. The highest BCUT2D eigenvalue weighted by Crippen LogP contribution is 2.24. The summed E-state index contributed by atoms with van der Waals surface area (Å²) in [5.41, 5.74) is 4.65. The first-order valence-electron chi connectivity index (χ1n) is 5.09. The smallest absolute Gasteiger partial charge is 0.342 e. The lowest BCUT2D eigenvalue weighted by Gasteiger charge is -2.16. The van der Waals surface area contributed by atoms with Gasteiger partial charge in [-0.2, -0.15) is 0 Å². The fourth-order valence-electron chi connectivity index (χ4n) is 1.32. The van der Waals surface area contributed by atoms with Crippen molar-refractivity contribution in [2.45, 2.75) is 19.1 Å². The highest BCUT2D eigenvalue weighted by molar-refractivity contribution is 5.85. The van der Waals surface area contributed by atoms with Gasteiger partial charge < -0.3 is 10.5 Å². The molecular formula is C11H12ClF4NO2. The molecule has 0 aromatic heterocycles. The van der Waals surface area contributed by atoms with Gasteiger partial charge in [0.1, 0.15) is 0 Å². The summed E-state index contributed by atoms with van der Waals surface area (Å²) in [4.78, 5) is 11.1. The number of hydrogen-bond acceptors (Lipinski definition) is 3. The van der Waals surface area contributed by atoms with Gasteiger partial charge in [-0.05, 0) is 13.0 Å². The summed E-state index contributed by atoms with van der Waals surface area (Å²) in [6, 6.07) is -0.380. The third-order valence-electron chi connectivity index (χ3n) is 2.25. The van der Waals surface area contributed by atoms with E-state index in [2.05, 4.69) is 4.74 Å². The Labute approximate surface area is 113 Å². The molecule has 0 fully saturated rings. The van der Waals surface area contributed by atoms with Gasteiger partial charge in [-0.3, -0.25) is 0 Å². The van der Waals surface area contributed by atoms with Crippen LogP contribution >= 0.6 is 12.4 Å². The molecular weight excluding hydrogens is 290 g/mol. The lowest BCUT2D eigenvalue weighted by molar-refractivity contribution is -0.150. The number of hydrogen-bond donors (Lipinski definition) is 1. The Bertz CT molecular complexity index is 459. The van der Waals surface area contributed by atoms with Gasteiger partial charge in [0.25, 0.3) is 0 Å². The van der Waals surface area contributed by atoms with Crippen molar-refractivity contribution in [1.82, 2.24) is 0 Å². The van der Waals surface area contributed by atoms with Crippen LogP contribution in [0.15, 0.2) is 12.1 Å². The van der Waals surface area contributed by atoms with E-state index >= 15 is 0 Å². The Morgan fingerprint density at radius 1 is 1.32 bits per heavy atom. The number of carbonyl (C=O) groups excluding carboxylic acids is 1. The molecule has 1 aromatic rings. The standard InChI is InChI=1S/C11H11F4NO2.ClH/c1-2-18-11(17)9(15)10(16)5-3-4-6(12)8(14)7(5)13;/h3-4,9-10H,2,16H2,1H3;1H/t9?,10-;/m1./s1. The topological polar surface area (TPSA) is 52.3 Å². The van der Waals surface area contributed by atoms with Crippen LogP contribution < -0.4 is 5.73 Å². The molecule has 2 N–H and O–H groups in total. The zero-order valence-corrected chi connectivity index (χ0v) is 10.6. The van der Waals surface area contributed by atoms with Crippen molar-refractivity contribution in [3.8, 4) is 0 Å². The molecule has 0 heterocycles. The third kappa shape index (κ3) is 3.81. The van der Waals surface area contributed by atoms with Crippen molar-refractivity contribution in [3.05, 3.63) is 35.1 Å². The van der Waals surface area contributed by atoms with Crippen molar-refractivity contribution in [2.24, 2.45) is 5.73 Å². The Morgan fingerprint density at radius 2 is 1.89 bits per heavy atom. The van der Waals surface area contributed by atoms with E-state index in [1.165, 1.54) is 6.92 Å². The van der Waals surface area contributed by atoms with Crippen LogP contribution in [0.5, 0.6) is 0 Å². The molecule has 1 aromatic carbocycles. The van der Waals surface area contributed by atoms with E-state index in [-0.39, 0.29) is 19.0 Å². The van der Waals surface area contributed by atoms with Crippen molar-refractivity contribution in [3.63, 3.8) is 0 Å². The molecule has 0 bridgehead atoms. The number of rotatable bonds is 4. The number of carbonyl (C=O) groups is 1. The third-order valence-corrected chi connectivity index (χ3v) is 2.25. The molecule has 108 valence electrons. The minimum atomic E-state index is -2.36. The van der Waals surface area contributed by atoms with E-state index in [4.69, 9.17) is 5.73 Å². The van der Waals surface area contributed by atoms with E-state index < -0.39 is 41.2 Å². The van der Waals surface area contributed by atoms with Gasteiger partial charge in [0.2, 0.25) is 6.17 Å². The zero-order valence-electron chi connectivity index (χ0n) is 9.83. The van der Waals surface area contributed by atoms with Crippen LogP contribution in [-0.4, -0.2) is 18.7 Å². The zero-order chi connectivity index (χ0) is 13.9. The molecule has 0 aliphatic carbocycles. The first-order chi connectivity index (χ1) is 8.40. The van der Waals surface area contributed by atoms with Crippen molar-refractivity contribution >= 4 is 18.4 Å². The minimum Gasteiger partial charge on any atom is -0.464 e. The molecule has 0 saturated carbocycles. The Balaban J connectivity index is 0.00000324. The van der Waals surface area contributed by atoms with Crippen LogP contribution in [0.2, 0.25) is 0 Å². The van der Waals surface area contributed by atoms with Crippen LogP contribution in [-0.2, 0) is 9.53 Å². The number of alkyl halides is 1. The largest absolute Gasteiger partial charge is 0.464 e. The van der Waals surface area contributed by atoms with Crippen LogP contribution in [0.1, 0.15) is 18.5 Å². The molecule has 0 aliphatic heterocycles. The second-order valence-corrected chi connectivity index (χ2v) is 3.44. The molecule has 3 nitrogen and oxygen atoms in total. The summed E-state index contributed by atoms with van der Waals surface area (Å²) in [5.74, 6) is -6.09. The van der Waals surface area contributed by atoms with Crippen LogP contribution in [0.3, 0.4) is 0 Å². The maximum atomic E-state index is 13.5. The maximum absolute atomic E-state index is 13.5. The second-order valence-electron chi connectivity index (χ2n) is 3.44. The van der Waals surface area contributed by atoms with E-state index in [0.717, 1.165) is 6.07 Å². The van der Waals surface area contributed by atoms with Crippen molar-refractivity contribution in [2.75, 3.05) is 6.61 Å². The molecule has 19 heavy (non-hydrogen) atoms. The van der Waals surface area contributed by atoms with Gasteiger partial charge in [-0.15, -0.1) is 12.4 Å². The molecule has 0 radical (unpaired) electrons. The van der Waals surface area contributed by atoms with Crippen LogP contribution in [0, 0.1) is 17.5 Å². The number of halogens is 5. The molecule has 0 saturated heterocycles. The number of esters is 1. The molecule has 2 atom stereocenters. The highest BCUT2D eigenvalue weighted by atomic mass is 35.5. The molecule has 1 unspecified atom stereocenters. The monoisotopic (exact) mass is 301 g/mol. The second kappa shape index (κ2) is 7.30. The van der Waals surface area contributed by atoms with E-state index in [0.29, 0.717) is 6.07 Å². The molecule has 8 heteroatoms. The SMILES string of the molecule is CCOC(=O)C(F)[C@H](N)c1ccc(F)c(F)c1F.Cl. The van der Waals surface area contributed by atoms with E-state index in [1.807, 2.05) is 0 Å². The van der Waals surface area contributed by atoms with Gasteiger partial charge in [-0.1, -0.05) is 6.07 Å². The van der Waals surface area contributed by atoms with Crippen molar-refractivity contribution < 1.29 is 27.1 Å². The molecule has 0 aliphatic rings. The first kappa shape index (κ1) is 17.7. The van der Waals surface area contributed by atoms with Crippen LogP contribution in [0.4, 0.5) is 17.6 Å². The van der Waals surface area contributed by atoms with Crippen molar-refractivity contribution in [1.29, 1.82) is 0 Å². The lowest BCUT2D eigenvalue weighted by atomic mass is 10.0. The Hall–Kier alpha value is -1.34. The average molecular weight is 302 g/mol. The average Bonchev–Trinajstić information content (AvgIpc) is 2.35. The minimum absolute atomic E-state index is 0. The number of benzene rings is 1. The molecule has 0 spiro atoms. The Kier molecular flexibility index (Phi) is 6.78. The number of nitrogens with two attached hydrogens (primary N) is 1. The first-order valence-corrected chi connectivity index (χ1v) is 5.09. The molecule has 1 rings (SSSR count). The van der Waals surface area contributed by atoms with Gasteiger partial charge in [-0.25, -0.2) is 22.4 Å². The van der Waals surface area contributed by atoms with Gasteiger partial charge in [0, 0.05) is 5.56 Å². The van der Waals surface area contributed by atoms with E-state index in [1.54, 1.807) is 0 Å². The summed E-state index contributed by atoms with van der Waals surface area (Å²) >= 11 is 0. The quantitative estimate of drug-likeness (QED) is 0.528. The van der Waals surface area contributed by atoms with Gasteiger partial charge in [0.05, 0.1) is 12.6 Å². The fourth-order valence-corrected chi connectivity index (χ4v) is 1.32. The summed E-state index contributed by atoms with van der Waals surface area (Å²) in [6.07, 6.45) is -2.36. The van der Waals surface area contributed by atoms with E-state index in [9.17, 15) is 22.4 Å².